The average Bonchev–Trinajstić information content (AvgIpc) is 2.30. The van der Waals surface area contributed by atoms with Gasteiger partial charge in [0.25, 0.3) is 6.43 Å². The predicted octanol–water partition coefficient (Wildman–Crippen LogP) is 1.91. The first-order chi connectivity index (χ1) is 8.01. The van der Waals surface area contributed by atoms with Gasteiger partial charge in [-0.3, -0.25) is 4.79 Å². The number of nitriles is 1. The van der Waals surface area contributed by atoms with Gasteiger partial charge in [0, 0.05) is 6.20 Å². The summed E-state index contributed by atoms with van der Waals surface area (Å²) in [6, 6.07) is 1.60. The van der Waals surface area contributed by atoms with E-state index in [2.05, 4.69) is 9.72 Å². The monoisotopic (exact) mass is 240 g/mol. The van der Waals surface area contributed by atoms with Crippen molar-refractivity contribution in [2.24, 2.45) is 0 Å². The highest BCUT2D eigenvalue weighted by Gasteiger charge is 2.20. The summed E-state index contributed by atoms with van der Waals surface area (Å²) in [7, 11) is 1.21. The number of hydrogen-bond acceptors (Lipinski definition) is 4. The molecule has 0 bridgehead atoms. The Hall–Kier alpha value is -2.03. The van der Waals surface area contributed by atoms with Crippen LogP contribution in [-0.4, -0.2) is 18.1 Å². The Morgan fingerprint density at radius 1 is 1.65 bits per heavy atom. The Kier molecular flexibility index (Phi) is 4.10. The summed E-state index contributed by atoms with van der Waals surface area (Å²) in [6.07, 6.45) is -1.69. The standard InChI is InChI=1S/C11H10F2N2O2/c1-6-7(3-9(16)17-2)5-15-8(4-14)10(6)11(12)13/h5,11H,3H2,1-2H3. The smallest absolute Gasteiger partial charge is 0.310 e. The number of aromatic nitrogens is 1. The van der Waals surface area contributed by atoms with Crippen LogP contribution in [-0.2, 0) is 16.0 Å². The molecule has 0 saturated carbocycles. The predicted molar refractivity (Wildman–Crippen MR) is 54.4 cm³/mol. The molecule has 0 spiro atoms. The van der Waals surface area contributed by atoms with Gasteiger partial charge in [-0.05, 0) is 18.1 Å². The molecule has 0 aliphatic heterocycles. The molecular formula is C11H10F2N2O2. The fourth-order valence-electron chi connectivity index (χ4n) is 1.42. The Morgan fingerprint density at radius 3 is 2.76 bits per heavy atom. The van der Waals surface area contributed by atoms with E-state index in [1.165, 1.54) is 20.2 Å². The molecule has 0 fully saturated rings. The van der Waals surface area contributed by atoms with E-state index < -0.39 is 18.0 Å². The van der Waals surface area contributed by atoms with E-state index >= 15 is 0 Å². The molecule has 4 nitrogen and oxygen atoms in total. The lowest BCUT2D eigenvalue weighted by Crippen LogP contribution is -2.09. The van der Waals surface area contributed by atoms with E-state index in [0.29, 0.717) is 5.56 Å². The van der Waals surface area contributed by atoms with Crippen LogP contribution in [0.2, 0.25) is 0 Å². The lowest BCUT2D eigenvalue weighted by atomic mass is 10.0. The van der Waals surface area contributed by atoms with Gasteiger partial charge in [-0.2, -0.15) is 5.26 Å². The van der Waals surface area contributed by atoms with Gasteiger partial charge in [-0.25, -0.2) is 13.8 Å². The third kappa shape index (κ3) is 2.75. The first-order valence-corrected chi connectivity index (χ1v) is 4.74. The van der Waals surface area contributed by atoms with E-state index in [0.717, 1.165) is 0 Å². The zero-order chi connectivity index (χ0) is 13.0. The molecule has 0 aromatic carbocycles. The molecule has 1 rings (SSSR count). The van der Waals surface area contributed by atoms with Crippen molar-refractivity contribution in [2.45, 2.75) is 19.8 Å². The lowest BCUT2D eigenvalue weighted by Gasteiger charge is -2.10. The van der Waals surface area contributed by atoms with Crippen LogP contribution >= 0.6 is 0 Å². The Morgan fingerprint density at radius 2 is 2.29 bits per heavy atom. The molecule has 17 heavy (non-hydrogen) atoms. The van der Waals surface area contributed by atoms with Crippen LogP contribution in [0.4, 0.5) is 8.78 Å². The van der Waals surface area contributed by atoms with Gasteiger partial charge < -0.3 is 4.74 Å². The highest BCUT2D eigenvalue weighted by atomic mass is 19.3. The van der Waals surface area contributed by atoms with Gasteiger partial charge in [0.2, 0.25) is 0 Å². The molecule has 0 N–H and O–H groups in total. The van der Waals surface area contributed by atoms with Crippen molar-refractivity contribution in [3.05, 3.63) is 28.6 Å². The maximum atomic E-state index is 12.8. The van der Waals surface area contributed by atoms with Gasteiger partial charge in [-0.15, -0.1) is 0 Å². The van der Waals surface area contributed by atoms with E-state index in [4.69, 9.17) is 5.26 Å². The minimum absolute atomic E-state index is 0.138. The molecule has 0 atom stereocenters. The molecule has 90 valence electrons. The Bertz CT molecular complexity index is 481. The number of carbonyl (C=O) groups excluding carboxylic acids is 1. The first kappa shape index (κ1) is 13.0. The number of carbonyl (C=O) groups is 1. The number of methoxy groups -OCH3 is 1. The van der Waals surface area contributed by atoms with Crippen LogP contribution in [0.3, 0.4) is 0 Å². The van der Waals surface area contributed by atoms with Crippen molar-refractivity contribution in [1.29, 1.82) is 5.26 Å². The molecule has 0 radical (unpaired) electrons. The van der Waals surface area contributed by atoms with Crippen LogP contribution in [0.15, 0.2) is 6.20 Å². The molecule has 6 heteroatoms. The second-order valence-electron chi connectivity index (χ2n) is 3.34. The molecule has 0 amide bonds. The number of nitrogens with zero attached hydrogens (tertiary/aromatic N) is 2. The Labute approximate surface area is 96.8 Å². The number of esters is 1. The average molecular weight is 240 g/mol. The van der Waals surface area contributed by atoms with Gasteiger partial charge in [0.05, 0.1) is 19.1 Å². The van der Waals surface area contributed by atoms with Crippen molar-refractivity contribution in [3.63, 3.8) is 0 Å². The van der Waals surface area contributed by atoms with E-state index in [1.54, 1.807) is 6.07 Å². The lowest BCUT2D eigenvalue weighted by molar-refractivity contribution is -0.139. The number of alkyl halides is 2. The summed E-state index contributed by atoms with van der Waals surface area (Å²) >= 11 is 0. The van der Waals surface area contributed by atoms with Crippen LogP contribution in [0.5, 0.6) is 0 Å². The molecule has 1 aromatic heterocycles. The molecule has 0 unspecified atom stereocenters. The van der Waals surface area contributed by atoms with Gasteiger partial charge >= 0.3 is 5.97 Å². The summed E-state index contributed by atoms with van der Waals surface area (Å²) in [5, 5.41) is 8.67. The van der Waals surface area contributed by atoms with Crippen molar-refractivity contribution in [3.8, 4) is 6.07 Å². The molecule has 0 aliphatic rings. The van der Waals surface area contributed by atoms with Crippen molar-refractivity contribution < 1.29 is 18.3 Å². The van der Waals surface area contributed by atoms with Crippen molar-refractivity contribution in [2.75, 3.05) is 7.11 Å². The summed E-state index contributed by atoms with van der Waals surface area (Å²) in [5.74, 6) is -0.542. The number of hydrogen-bond donors (Lipinski definition) is 0. The van der Waals surface area contributed by atoms with Gasteiger partial charge in [0.15, 0.2) is 0 Å². The number of ether oxygens (including phenoxy) is 1. The maximum Gasteiger partial charge on any atom is 0.310 e. The zero-order valence-corrected chi connectivity index (χ0v) is 9.33. The minimum atomic E-state index is -2.80. The highest BCUT2D eigenvalue weighted by Crippen LogP contribution is 2.27. The maximum absolute atomic E-state index is 12.8. The number of pyridine rings is 1. The van der Waals surface area contributed by atoms with Crippen LogP contribution < -0.4 is 0 Å². The number of halogens is 2. The third-order valence-corrected chi connectivity index (χ3v) is 2.38. The number of rotatable bonds is 3. The molecule has 0 aliphatic carbocycles. The SMILES string of the molecule is COC(=O)Cc1cnc(C#N)c(C(F)F)c1C. The van der Waals surface area contributed by atoms with E-state index in [-0.39, 0.29) is 17.7 Å². The van der Waals surface area contributed by atoms with Crippen LogP contribution in [0, 0.1) is 18.3 Å². The quantitative estimate of drug-likeness (QED) is 0.757. The highest BCUT2D eigenvalue weighted by molar-refractivity contribution is 5.73. The van der Waals surface area contributed by atoms with Crippen LogP contribution in [0.25, 0.3) is 0 Å². The van der Waals surface area contributed by atoms with Crippen molar-refractivity contribution >= 4 is 5.97 Å². The van der Waals surface area contributed by atoms with E-state index in [1.807, 2.05) is 0 Å². The third-order valence-electron chi connectivity index (χ3n) is 2.38. The second kappa shape index (κ2) is 5.34. The summed E-state index contributed by atoms with van der Waals surface area (Å²) < 4.78 is 30.0. The molecule has 1 heterocycles. The molecule has 1 aromatic rings. The van der Waals surface area contributed by atoms with E-state index in [9.17, 15) is 13.6 Å². The Balaban J connectivity index is 3.24. The van der Waals surface area contributed by atoms with Crippen molar-refractivity contribution in [1.82, 2.24) is 4.98 Å². The first-order valence-electron chi connectivity index (χ1n) is 4.74. The normalized spacial score (nSPS) is 10.1. The largest absolute Gasteiger partial charge is 0.469 e. The summed E-state index contributed by atoms with van der Waals surface area (Å²) in [6.45, 7) is 1.43. The zero-order valence-electron chi connectivity index (χ0n) is 9.33. The minimum Gasteiger partial charge on any atom is -0.469 e. The van der Waals surface area contributed by atoms with Gasteiger partial charge in [-0.1, -0.05) is 0 Å². The topological polar surface area (TPSA) is 63.0 Å². The van der Waals surface area contributed by atoms with Crippen LogP contribution in [0.1, 0.15) is 28.8 Å². The second-order valence-corrected chi connectivity index (χ2v) is 3.34. The molecular weight excluding hydrogens is 230 g/mol. The summed E-state index contributed by atoms with van der Waals surface area (Å²) in [5.41, 5.74) is -0.192. The molecule has 0 saturated heterocycles. The van der Waals surface area contributed by atoms with Gasteiger partial charge in [0.1, 0.15) is 11.8 Å². The fourth-order valence-corrected chi connectivity index (χ4v) is 1.42. The fraction of sp³-hybridized carbons (Fsp3) is 0.364. The summed E-state index contributed by atoms with van der Waals surface area (Å²) in [4.78, 5) is 14.7.